The monoisotopic (exact) mass is 193 g/mol. The Bertz CT molecular complexity index is 413. The molecular weight excluding hydrogens is 186 g/mol. The Labute approximate surface area is 79.0 Å². The molecule has 0 aliphatic heterocycles. The van der Waals surface area contributed by atoms with Gasteiger partial charge in [0.2, 0.25) is 0 Å². The minimum Gasteiger partial charge on any atom is -0.383 e. The van der Waals surface area contributed by atoms with Gasteiger partial charge in [0.05, 0.1) is 11.8 Å². The number of aliphatic hydroxyl groups is 2. The van der Waals surface area contributed by atoms with Gasteiger partial charge in [-0.25, -0.2) is 0 Å². The highest BCUT2D eigenvalue weighted by Gasteiger charge is 2.24. The first kappa shape index (κ1) is 9.99. The number of rotatable bonds is 2. The van der Waals surface area contributed by atoms with Crippen LogP contribution in [0.15, 0.2) is 0 Å². The van der Waals surface area contributed by atoms with Gasteiger partial charge in [0.1, 0.15) is 17.7 Å². The number of aliphatic hydroxyl groups excluding tert-OH is 2. The van der Waals surface area contributed by atoms with E-state index in [2.05, 4.69) is 10.2 Å². The van der Waals surface area contributed by atoms with Crippen molar-refractivity contribution in [2.45, 2.75) is 12.2 Å². The number of nitrogens with two attached hydrogens (primary N) is 1. The van der Waals surface area contributed by atoms with Crippen LogP contribution in [0.4, 0.5) is 5.82 Å². The van der Waals surface area contributed by atoms with Crippen LogP contribution in [0, 0.1) is 22.7 Å². The van der Waals surface area contributed by atoms with Crippen LogP contribution >= 0.6 is 0 Å². The van der Waals surface area contributed by atoms with Crippen LogP contribution in [-0.4, -0.2) is 26.5 Å². The molecule has 1 rings (SSSR count). The average molecular weight is 193 g/mol. The van der Waals surface area contributed by atoms with E-state index in [1.165, 1.54) is 6.07 Å². The van der Waals surface area contributed by atoms with Crippen LogP contribution in [0.5, 0.6) is 0 Å². The molecule has 1 aromatic rings. The van der Waals surface area contributed by atoms with E-state index in [4.69, 9.17) is 21.4 Å². The second-order valence-corrected chi connectivity index (χ2v) is 2.53. The van der Waals surface area contributed by atoms with Crippen molar-refractivity contribution in [3.8, 4) is 12.1 Å². The van der Waals surface area contributed by atoms with Gasteiger partial charge in [-0.2, -0.15) is 15.6 Å². The second kappa shape index (κ2) is 3.75. The van der Waals surface area contributed by atoms with E-state index in [1.807, 2.05) is 0 Å². The predicted octanol–water partition coefficient (Wildman–Crippen LogP) is -1.22. The van der Waals surface area contributed by atoms with Gasteiger partial charge in [0.15, 0.2) is 11.9 Å². The molecule has 2 unspecified atom stereocenters. The van der Waals surface area contributed by atoms with Gasteiger partial charge in [-0.1, -0.05) is 0 Å². The second-order valence-electron chi connectivity index (χ2n) is 2.53. The maximum atomic E-state index is 9.36. The highest BCUT2D eigenvalue weighted by atomic mass is 16.3. The predicted molar refractivity (Wildman–Crippen MR) is 44.3 cm³/mol. The topological polar surface area (TPSA) is 143 Å². The highest BCUT2D eigenvalue weighted by Crippen LogP contribution is 2.21. The molecule has 1 heterocycles. The number of hydrogen-bond donors (Lipinski definition) is 4. The van der Waals surface area contributed by atoms with E-state index >= 15 is 0 Å². The minimum atomic E-state index is -1.62. The Hall–Kier alpha value is -2.09. The van der Waals surface area contributed by atoms with Crippen LogP contribution in [0.25, 0.3) is 0 Å². The lowest BCUT2D eigenvalue weighted by molar-refractivity contribution is 0.0496. The third-order valence-electron chi connectivity index (χ3n) is 1.66. The lowest BCUT2D eigenvalue weighted by Gasteiger charge is -2.08. The molecule has 0 saturated heterocycles. The van der Waals surface area contributed by atoms with Gasteiger partial charge in [0.25, 0.3) is 0 Å². The van der Waals surface area contributed by atoms with Crippen molar-refractivity contribution in [2.24, 2.45) is 0 Å². The Balaban J connectivity index is 3.09. The van der Waals surface area contributed by atoms with Crippen LogP contribution in [0.2, 0.25) is 0 Å². The van der Waals surface area contributed by atoms with Crippen molar-refractivity contribution in [1.82, 2.24) is 10.2 Å². The van der Waals surface area contributed by atoms with E-state index < -0.39 is 12.2 Å². The maximum Gasteiger partial charge on any atom is 0.171 e. The molecule has 0 spiro atoms. The first-order valence-corrected chi connectivity index (χ1v) is 3.61. The van der Waals surface area contributed by atoms with Gasteiger partial charge in [-0.3, -0.25) is 5.10 Å². The molecule has 7 heteroatoms. The first-order chi connectivity index (χ1) is 6.61. The zero-order chi connectivity index (χ0) is 10.7. The molecule has 0 bridgehead atoms. The Kier molecular flexibility index (Phi) is 2.67. The molecule has 0 aromatic carbocycles. The summed E-state index contributed by atoms with van der Waals surface area (Å²) in [7, 11) is 0. The number of aromatic nitrogens is 2. The number of nitrogens with one attached hydrogen (secondary N) is 1. The molecule has 72 valence electrons. The number of anilines is 1. The molecule has 2 atom stereocenters. The van der Waals surface area contributed by atoms with Crippen molar-refractivity contribution in [3.63, 3.8) is 0 Å². The molecule has 0 aliphatic rings. The third-order valence-corrected chi connectivity index (χ3v) is 1.66. The fourth-order valence-corrected chi connectivity index (χ4v) is 0.930. The summed E-state index contributed by atoms with van der Waals surface area (Å²) >= 11 is 0. The largest absolute Gasteiger partial charge is 0.383 e. The van der Waals surface area contributed by atoms with Crippen molar-refractivity contribution in [1.29, 1.82) is 10.5 Å². The molecule has 14 heavy (non-hydrogen) atoms. The fraction of sp³-hybridized carbons (Fsp3) is 0.286. The van der Waals surface area contributed by atoms with Crippen molar-refractivity contribution < 1.29 is 10.2 Å². The highest BCUT2D eigenvalue weighted by molar-refractivity contribution is 5.51. The zero-order valence-corrected chi connectivity index (χ0v) is 6.97. The first-order valence-electron chi connectivity index (χ1n) is 3.61. The summed E-state index contributed by atoms with van der Waals surface area (Å²) in [6.45, 7) is 0. The van der Waals surface area contributed by atoms with Crippen molar-refractivity contribution >= 4 is 5.82 Å². The Morgan fingerprint density at radius 3 is 2.57 bits per heavy atom. The zero-order valence-electron chi connectivity index (χ0n) is 6.97. The molecular formula is C7H7N5O2. The summed E-state index contributed by atoms with van der Waals surface area (Å²) in [6.07, 6.45) is -3.14. The summed E-state index contributed by atoms with van der Waals surface area (Å²) in [6, 6.07) is 3.14. The summed E-state index contributed by atoms with van der Waals surface area (Å²) in [5, 5.41) is 41.1. The molecule has 5 N–H and O–H groups in total. The Morgan fingerprint density at radius 1 is 1.43 bits per heavy atom. The molecule has 0 fully saturated rings. The van der Waals surface area contributed by atoms with Gasteiger partial charge >= 0.3 is 0 Å². The summed E-state index contributed by atoms with van der Waals surface area (Å²) < 4.78 is 0. The molecule has 0 amide bonds. The minimum absolute atomic E-state index is 0.0564. The van der Waals surface area contributed by atoms with Crippen LogP contribution in [-0.2, 0) is 0 Å². The molecule has 0 aliphatic carbocycles. The van der Waals surface area contributed by atoms with E-state index in [1.54, 1.807) is 6.07 Å². The lowest BCUT2D eigenvalue weighted by atomic mass is 10.1. The summed E-state index contributed by atoms with van der Waals surface area (Å²) in [4.78, 5) is 0. The molecule has 7 nitrogen and oxygen atoms in total. The van der Waals surface area contributed by atoms with E-state index in [9.17, 15) is 5.11 Å². The van der Waals surface area contributed by atoms with E-state index in [0.717, 1.165) is 0 Å². The van der Waals surface area contributed by atoms with Gasteiger partial charge in [-0.05, 0) is 0 Å². The normalized spacial score (nSPS) is 14.0. The molecule has 0 radical (unpaired) electrons. The third kappa shape index (κ3) is 1.50. The molecule has 1 aromatic heterocycles. The summed E-state index contributed by atoms with van der Waals surface area (Å²) in [5.41, 5.74) is 5.17. The number of hydrogen-bond acceptors (Lipinski definition) is 6. The number of aromatic amines is 1. The van der Waals surface area contributed by atoms with Crippen LogP contribution < -0.4 is 5.73 Å². The SMILES string of the molecule is N#Cc1c(N)n[nH]c1C(O)C(O)C#N. The van der Waals surface area contributed by atoms with Crippen LogP contribution in [0.1, 0.15) is 17.4 Å². The van der Waals surface area contributed by atoms with Crippen LogP contribution in [0.3, 0.4) is 0 Å². The van der Waals surface area contributed by atoms with Crippen molar-refractivity contribution in [2.75, 3.05) is 5.73 Å². The van der Waals surface area contributed by atoms with E-state index in [0.29, 0.717) is 0 Å². The van der Waals surface area contributed by atoms with Gasteiger partial charge in [0, 0.05) is 0 Å². The number of nitrogens with zero attached hydrogens (tertiary/aromatic N) is 3. The average Bonchev–Trinajstić information content (AvgIpc) is 2.57. The molecule has 0 saturated carbocycles. The number of nitriles is 2. The smallest absolute Gasteiger partial charge is 0.171 e. The lowest BCUT2D eigenvalue weighted by Crippen LogP contribution is -2.17. The fourth-order valence-electron chi connectivity index (χ4n) is 0.930. The standard InChI is InChI=1S/C7H7N5O2/c8-1-3-5(11-12-7(3)10)6(14)4(13)2-9/h4,6,13-14H,(H3,10,11,12). The van der Waals surface area contributed by atoms with Crippen molar-refractivity contribution in [3.05, 3.63) is 11.3 Å². The maximum absolute atomic E-state index is 9.36. The Morgan fingerprint density at radius 2 is 2.07 bits per heavy atom. The van der Waals surface area contributed by atoms with Gasteiger partial charge in [-0.15, -0.1) is 0 Å². The number of nitrogen functional groups attached to an aromatic ring is 1. The van der Waals surface area contributed by atoms with E-state index in [-0.39, 0.29) is 17.1 Å². The summed E-state index contributed by atoms with van der Waals surface area (Å²) in [5.74, 6) is -0.0771. The van der Waals surface area contributed by atoms with Gasteiger partial charge < -0.3 is 15.9 Å². The quantitative estimate of drug-likeness (QED) is 0.433. The number of H-pyrrole nitrogens is 1.